The molecule has 0 atom stereocenters. The van der Waals surface area contributed by atoms with Crippen molar-refractivity contribution in [1.29, 1.82) is 0 Å². The van der Waals surface area contributed by atoms with Crippen molar-refractivity contribution in [3.05, 3.63) is 85.7 Å². The number of methoxy groups -OCH3 is 1. The van der Waals surface area contributed by atoms with E-state index in [9.17, 15) is 9.59 Å². The summed E-state index contributed by atoms with van der Waals surface area (Å²) in [6, 6.07) is 14.8. The highest BCUT2D eigenvalue weighted by molar-refractivity contribution is 9.10. The molecule has 1 amide bonds. The third-order valence-corrected chi connectivity index (χ3v) is 5.22. The summed E-state index contributed by atoms with van der Waals surface area (Å²) in [6.45, 7) is 3.57. The molecule has 0 saturated carbocycles. The first-order chi connectivity index (χ1) is 13.9. The lowest BCUT2D eigenvalue weighted by Gasteiger charge is -2.13. The second-order valence-corrected chi connectivity index (χ2v) is 7.65. The lowest BCUT2D eigenvalue weighted by Crippen LogP contribution is -2.33. The lowest BCUT2D eigenvalue weighted by molar-refractivity contribution is -0.117. The molecule has 1 aromatic heterocycles. The summed E-state index contributed by atoms with van der Waals surface area (Å²) in [5, 5.41) is 7.10. The number of hydrogen-bond donors (Lipinski definition) is 1. The van der Waals surface area contributed by atoms with Gasteiger partial charge in [-0.2, -0.15) is 5.10 Å². The van der Waals surface area contributed by atoms with Crippen LogP contribution in [0.25, 0.3) is 0 Å². The summed E-state index contributed by atoms with van der Waals surface area (Å²) in [4.78, 5) is 25.4. The molecule has 0 bridgehead atoms. The molecule has 150 valence electrons. The third kappa shape index (κ3) is 5.12. The van der Waals surface area contributed by atoms with Crippen LogP contribution in [0.4, 0.5) is 5.69 Å². The molecule has 0 aliphatic rings. The van der Waals surface area contributed by atoms with Crippen molar-refractivity contribution in [1.82, 2.24) is 9.78 Å². The maximum absolute atomic E-state index is 13.0. The van der Waals surface area contributed by atoms with Crippen LogP contribution >= 0.6 is 15.9 Å². The van der Waals surface area contributed by atoms with Crippen LogP contribution in [0.2, 0.25) is 0 Å². The van der Waals surface area contributed by atoms with Crippen molar-refractivity contribution in [3.63, 3.8) is 0 Å². The number of aryl methyl sites for hydroxylation is 1. The van der Waals surface area contributed by atoms with Crippen LogP contribution < -0.4 is 15.6 Å². The lowest BCUT2D eigenvalue weighted by atomic mass is 10.0. The number of ether oxygens (including phenoxy) is 1. The SMILES string of the molecule is COc1cccc(Cc2c(C)c(C)nn(CC(=O)Nc3ccc(Br)cc3)c2=O)c1. The van der Waals surface area contributed by atoms with Gasteiger partial charge < -0.3 is 10.1 Å². The predicted molar refractivity (Wildman–Crippen MR) is 117 cm³/mol. The molecular weight excluding hydrogens is 434 g/mol. The number of nitrogens with one attached hydrogen (secondary N) is 1. The van der Waals surface area contributed by atoms with Crippen LogP contribution in [-0.4, -0.2) is 22.8 Å². The van der Waals surface area contributed by atoms with E-state index in [2.05, 4.69) is 26.3 Å². The summed E-state index contributed by atoms with van der Waals surface area (Å²) in [5.74, 6) is 0.428. The highest BCUT2D eigenvalue weighted by Crippen LogP contribution is 2.17. The molecule has 0 aliphatic carbocycles. The van der Waals surface area contributed by atoms with Crippen LogP contribution in [0.5, 0.6) is 5.75 Å². The van der Waals surface area contributed by atoms with E-state index in [0.717, 1.165) is 27.0 Å². The smallest absolute Gasteiger partial charge is 0.271 e. The summed E-state index contributed by atoms with van der Waals surface area (Å²) in [7, 11) is 1.61. The molecule has 0 spiro atoms. The molecule has 3 rings (SSSR count). The van der Waals surface area contributed by atoms with E-state index >= 15 is 0 Å². The average molecular weight is 456 g/mol. The number of carbonyl (C=O) groups is 1. The first-order valence-electron chi connectivity index (χ1n) is 9.13. The number of hydrogen-bond acceptors (Lipinski definition) is 4. The Kier molecular flexibility index (Phi) is 6.49. The fourth-order valence-electron chi connectivity index (χ4n) is 3.01. The number of halogens is 1. The molecule has 3 aromatic rings. The molecule has 0 fully saturated rings. The Morgan fingerprint density at radius 3 is 2.59 bits per heavy atom. The fourth-order valence-corrected chi connectivity index (χ4v) is 3.27. The Hall–Kier alpha value is -2.93. The van der Waals surface area contributed by atoms with Crippen molar-refractivity contribution >= 4 is 27.5 Å². The molecule has 0 saturated heterocycles. The van der Waals surface area contributed by atoms with Gasteiger partial charge in [0.2, 0.25) is 5.91 Å². The van der Waals surface area contributed by atoms with E-state index in [-0.39, 0.29) is 18.0 Å². The van der Waals surface area contributed by atoms with Crippen LogP contribution in [0, 0.1) is 13.8 Å². The number of nitrogens with zero attached hydrogens (tertiary/aromatic N) is 2. The van der Waals surface area contributed by atoms with Gasteiger partial charge in [0.25, 0.3) is 5.56 Å². The maximum atomic E-state index is 13.0. The standard InChI is InChI=1S/C22H22BrN3O3/c1-14-15(2)25-26(13-21(27)24-18-9-7-17(23)8-10-18)22(28)20(14)12-16-5-4-6-19(11-16)29-3/h4-11H,12-13H2,1-3H3,(H,24,27). The first-order valence-corrected chi connectivity index (χ1v) is 9.92. The van der Waals surface area contributed by atoms with Crippen molar-refractivity contribution in [2.24, 2.45) is 0 Å². The number of benzene rings is 2. The van der Waals surface area contributed by atoms with Gasteiger partial charge in [-0.15, -0.1) is 0 Å². The minimum Gasteiger partial charge on any atom is -0.497 e. The minimum atomic E-state index is -0.308. The summed E-state index contributed by atoms with van der Waals surface area (Å²) >= 11 is 3.36. The maximum Gasteiger partial charge on any atom is 0.271 e. The van der Waals surface area contributed by atoms with Gasteiger partial charge in [0.1, 0.15) is 12.3 Å². The van der Waals surface area contributed by atoms with Crippen molar-refractivity contribution in [2.75, 3.05) is 12.4 Å². The zero-order chi connectivity index (χ0) is 21.0. The zero-order valence-electron chi connectivity index (χ0n) is 16.5. The quantitative estimate of drug-likeness (QED) is 0.612. The summed E-state index contributed by atoms with van der Waals surface area (Å²) < 4.78 is 7.41. The van der Waals surface area contributed by atoms with E-state index in [1.54, 1.807) is 19.2 Å². The van der Waals surface area contributed by atoms with Crippen molar-refractivity contribution < 1.29 is 9.53 Å². The third-order valence-electron chi connectivity index (χ3n) is 4.70. The van der Waals surface area contributed by atoms with E-state index in [1.165, 1.54) is 4.68 Å². The summed E-state index contributed by atoms with van der Waals surface area (Å²) in [5.41, 5.74) is 3.54. The Morgan fingerprint density at radius 2 is 1.90 bits per heavy atom. The normalized spacial score (nSPS) is 10.6. The molecular formula is C22H22BrN3O3. The molecule has 1 heterocycles. The molecule has 0 unspecified atom stereocenters. The fraction of sp³-hybridized carbons (Fsp3) is 0.227. The Morgan fingerprint density at radius 1 is 1.17 bits per heavy atom. The second kappa shape index (κ2) is 9.05. The number of rotatable bonds is 6. The van der Waals surface area contributed by atoms with Gasteiger partial charge in [-0.05, 0) is 61.4 Å². The van der Waals surface area contributed by atoms with Gasteiger partial charge in [-0.3, -0.25) is 9.59 Å². The van der Waals surface area contributed by atoms with Gasteiger partial charge in [0.15, 0.2) is 0 Å². The van der Waals surface area contributed by atoms with Gasteiger partial charge in [0.05, 0.1) is 12.8 Å². The monoisotopic (exact) mass is 455 g/mol. The molecule has 29 heavy (non-hydrogen) atoms. The highest BCUT2D eigenvalue weighted by Gasteiger charge is 2.15. The van der Waals surface area contributed by atoms with Crippen molar-refractivity contribution in [2.45, 2.75) is 26.8 Å². The number of carbonyl (C=O) groups excluding carboxylic acids is 1. The van der Waals surface area contributed by atoms with Crippen LogP contribution in [0.3, 0.4) is 0 Å². The molecule has 7 heteroatoms. The molecule has 2 aromatic carbocycles. The van der Waals surface area contributed by atoms with Crippen LogP contribution in [0.1, 0.15) is 22.4 Å². The van der Waals surface area contributed by atoms with Gasteiger partial charge in [0, 0.05) is 22.1 Å². The first kappa shape index (κ1) is 20.8. The minimum absolute atomic E-state index is 0.152. The van der Waals surface area contributed by atoms with E-state index in [1.807, 2.05) is 50.2 Å². The molecule has 0 aliphatic heterocycles. The largest absolute Gasteiger partial charge is 0.497 e. The van der Waals surface area contributed by atoms with Crippen LogP contribution in [0.15, 0.2) is 57.8 Å². The highest BCUT2D eigenvalue weighted by atomic mass is 79.9. The molecule has 0 radical (unpaired) electrons. The Bertz CT molecular complexity index is 1090. The number of amides is 1. The average Bonchev–Trinajstić information content (AvgIpc) is 2.71. The van der Waals surface area contributed by atoms with E-state index in [0.29, 0.717) is 17.7 Å². The topological polar surface area (TPSA) is 73.2 Å². The second-order valence-electron chi connectivity index (χ2n) is 6.74. The zero-order valence-corrected chi connectivity index (χ0v) is 18.1. The Labute approximate surface area is 177 Å². The van der Waals surface area contributed by atoms with Crippen LogP contribution in [-0.2, 0) is 17.8 Å². The Balaban J connectivity index is 1.85. The van der Waals surface area contributed by atoms with E-state index < -0.39 is 0 Å². The molecule has 6 nitrogen and oxygen atoms in total. The number of aromatic nitrogens is 2. The van der Waals surface area contributed by atoms with Gasteiger partial charge in [-0.1, -0.05) is 28.1 Å². The van der Waals surface area contributed by atoms with Crippen molar-refractivity contribution in [3.8, 4) is 5.75 Å². The number of anilines is 1. The van der Waals surface area contributed by atoms with Gasteiger partial charge >= 0.3 is 0 Å². The van der Waals surface area contributed by atoms with Gasteiger partial charge in [-0.25, -0.2) is 4.68 Å². The summed E-state index contributed by atoms with van der Waals surface area (Å²) in [6.07, 6.45) is 0.444. The van der Waals surface area contributed by atoms with E-state index in [4.69, 9.17) is 4.74 Å². The predicted octanol–water partition coefficient (Wildman–Crippen LogP) is 3.86. The molecule has 1 N–H and O–H groups in total.